The summed E-state index contributed by atoms with van der Waals surface area (Å²) in [5.41, 5.74) is 1.76. The molecule has 1 aliphatic heterocycles. The van der Waals surface area contributed by atoms with Crippen LogP contribution in [0.15, 0.2) is 24.3 Å². The lowest BCUT2D eigenvalue weighted by molar-refractivity contribution is -0.121. The summed E-state index contributed by atoms with van der Waals surface area (Å²) < 4.78 is 0. The number of rotatable bonds is 3. The molecule has 0 bridgehead atoms. The van der Waals surface area contributed by atoms with E-state index in [4.69, 9.17) is 0 Å². The molecule has 2 rings (SSSR count). The highest BCUT2D eigenvalue weighted by atomic mass is 16.2. The summed E-state index contributed by atoms with van der Waals surface area (Å²) >= 11 is 0. The van der Waals surface area contributed by atoms with Gasteiger partial charge in [-0.15, -0.1) is 0 Å². The second-order valence-corrected chi connectivity index (χ2v) is 4.12. The second kappa shape index (κ2) is 4.08. The van der Waals surface area contributed by atoms with Gasteiger partial charge in [0.15, 0.2) is 5.78 Å². The summed E-state index contributed by atoms with van der Waals surface area (Å²) in [7, 11) is 0. The van der Waals surface area contributed by atoms with Crippen molar-refractivity contribution in [2.75, 3.05) is 0 Å². The minimum absolute atomic E-state index is 0.0161. The zero-order valence-corrected chi connectivity index (χ0v) is 9.56. The molecule has 3 nitrogen and oxygen atoms in total. The zero-order chi connectivity index (χ0) is 11.7. The Labute approximate surface area is 95.1 Å². The average molecular weight is 217 g/mol. The number of benzene rings is 1. The first-order chi connectivity index (χ1) is 7.65. The Morgan fingerprint density at radius 1 is 1.44 bits per heavy atom. The van der Waals surface area contributed by atoms with Crippen molar-refractivity contribution >= 4 is 11.7 Å². The number of amides is 1. The average Bonchev–Trinajstić information content (AvgIpc) is 2.58. The van der Waals surface area contributed by atoms with E-state index in [-0.39, 0.29) is 17.7 Å². The number of nitrogens with zero attached hydrogens (tertiary/aromatic N) is 1. The monoisotopic (exact) mass is 217 g/mol. The number of carbonyl (C=O) groups is 2. The zero-order valence-electron chi connectivity index (χ0n) is 9.56. The maximum Gasteiger partial charge on any atom is 0.255 e. The molecule has 1 aliphatic rings. The van der Waals surface area contributed by atoms with Crippen molar-refractivity contribution in [1.29, 1.82) is 0 Å². The van der Waals surface area contributed by atoms with Crippen molar-refractivity contribution in [1.82, 2.24) is 4.90 Å². The molecular formula is C13H15NO2. The van der Waals surface area contributed by atoms with Gasteiger partial charge in [0.25, 0.3) is 5.91 Å². The fraction of sp³-hybridized carbons (Fsp3) is 0.385. The molecule has 1 atom stereocenters. The molecule has 0 aromatic heterocycles. The van der Waals surface area contributed by atoms with Gasteiger partial charge in [-0.25, -0.2) is 0 Å². The molecule has 0 aliphatic carbocycles. The molecule has 1 heterocycles. The summed E-state index contributed by atoms with van der Waals surface area (Å²) in [5.74, 6) is 0.0429. The molecule has 3 heteroatoms. The van der Waals surface area contributed by atoms with E-state index in [0.29, 0.717) is 13.0 Å². The molecule has 1 aromatic rings. The van der Waals surface area contributed by atoms with Gasteiger partial charge < -0.3 is 4.90 Å². The van der Waals surface area contributed by atoms with E-state index in [9.17, 15) is 9.59 Å². The number of hydrogen-bond acceptors (Lipinski definition) is 2. The predicted octanol–water partition coefficient (Wildman–Crippen LogP) is 2.01. The number of ketones is 1. The van der Waals surface area contributed by atoms with E-state index in [1.165, 1.54) is 0 Å². The minimum Gasteiger partial charge on any atom is -0.324 e. The van der Waals surface area contributed by atoms with Gasteiger partial charge in [0.05, 0.1) is 6.04 Å². The van der Waals surface area contributed by atoms with Crippen LogP contribution in [0.25, 0.3) is 0 Å². The molecule has 1 aromatic carbocycles. The van der Waals surface area contributed by atoms with Crippen LogP contribution in [-0.2, 0) is 11.3 Å². The highest BCUT2D eigenvalue weighted by Gasteiger charge is 2.33. The molecule has 1 amide bonds. The van der Waals surface area contributed by atoms with Crippen LogP contribution in [0.2, 0.25) is 0 Å². The fourth-order valence-corrected chi connectivity index (χ4v) is 2.26. The van der Waals surface area contributed by atoms with Gasteiger partial charge in [0, 0.05) is 12.1 Å². The predicted molar refractivity (Wildman–Crippen MR) is 61.1 cm³/mol. The van der Waals surface area contributed by atoms with Gasteiger partial charge in [-0.05, 0) is 25.0 Å². The van der Waals surface area contributed by atoms with E-state index in [1.807, 2.05) is 31.2 Å². The lowest BCUT2D eigenvalue weighted by atomic mass is 10.1. The summed E-state index contributed by atoms with van der Waals surface area (Å²) in [6, 6.07) is 7.27. The van der Waals surface area contributed by atoms with E-state index in [2.05, 4.69) is 0 Å². The Bertz CT molecular complexity index is 439. The maximum absolute atomic E-state index is 12.1. The van der Waals surface area contributed by atoms with Crippen LogP contribution in [0.4, 0.5) is 0 Å². The lowest BCUT2D eigenvalue weighted by Crippen LogP contribution is -2.39. The largest absolute Gasteiger partial charge is 0.324 e. The molecule has 0 spiro atoms. The van der Waals surface area contributed by atoms with Gasteiger partial charge in [-0.3, -0.25) is 9.59 Å². The third-order valence-electron chi connectivity index (χ3n) is 3.08. The number of Topliss-reactive ketones (excluding diaryl/α,β-unsaturated/α-hetero) is 1. The van der Waals surface area contributed by atoms with Crippen molar-refractivity contribution in [2.24, 2.45) is 0 Å². The molecular weight excluding hydrogens is 202 g/mol. The lowest BCUT2D eigenvalue weighted by Gasteiger charge is -2.24. The van der Waals surface area contributed by atoms with Gasteiger partial charge in [-0.2, -0.15) is 0 Å². The Morgan fingerprint density at radius 3 is 2.69 bits per heavy atom. The van der Waals surface area contributed by atoms with Crippen LogP contribution in [0.3, 0.4) is 0 Å². The van der Waals surface area contributed by atoms with Crippen LogP contribution in [-0.4, -0.2) is 22.6 Å². The Balaban J connectivity index is 2.31. The standard InChI is InChI=1S/C13H15NO2/c1-3-12(9(2)15)14-8-10-6-4-5-7-11(10)13(14)16/h4-7,12H,3,8H2,1-2H3. The smallest absolute Gasteiger partial charge is 0.255 e. The molecule has 0 saturated carbocycles. The normalized spacial score (nSPS) is 16.1. The van der Waals surface area contributed by atoms with Crippen molar-refractivity contribution in [3.05, 3.63) is 35.4 Å². The van der Waals surface area contributed by atoms with Gasteiger partial charge >= 0.3 is 0 Å². The first-order valence-electron chi connectivity index (χ1n) is 5.54. The van der Waals surface area contributed by atoms with Gasteiger partial charge in [-0.1, -0.05) is 25.1 Å². The summed E-state index contributed by atoms with van der Waals surface area (Å²) in [6.45, 7) is 4.04. The maximum atomic E-state index is 12.1. The molecule has 0 radical (unpaired) electrons. The van der Waals surface area contributed by atoms with Crippen LogP contribution in [0.5, 0.6) is 0 Å². The van der Waals surface area contributed by atoms with Crippen LogP contribution < -0.4 is 0 Å². The number of hydrogen-bond donors (Lipinski definition) is 0. The topological polar surface area (TPSA) is 37.4 Å². The van der Waals surface area contributed by atoms with Gasteiger partial charge in [0.2, 0.25) is 0 Å². The molecule has 1 unspecified atom stereocenters. The van der Waals surface area contributed by atoms with Crippen LogP contribution in [0.1, 0.15) is 36.2 Å². The van der Waals surface area contributed by atoms with Crippen LogP contribution >= 0.6 is 0 Å². The number of carbonyl (C=O) groups excluding carboxylic acids is 2. The molecule has 0 saturated heterocycles. The number of fused-ring (bicyclic) bond motifs is 1. The molecule has 0 fully saturated rings. The summed E-state index contributed by atoms with van der Waals surface area (Å²) in [6.07, 6.45) is 0.676. The first kappa shape index (κ1) is 10.9. The third kappa shape index (κ3) is 1.62. The van der Waals surface area contributed by atoms with E-state index < -0.39 is 0 Å². The summed E-state index contributed by atoms with van der Waals surface area (Å²) in [5, 5.41) is 0. The van der Waals surface area contributed by atoms with Crippen molar-refractivity contribution in [3.63, 3.8) is 0 Å². The third-order valence-corrected chi connectivity index (χ3v) is 3.08. The van der Waals surface area contributed by atoms with Crippen molar-refractivity contribution in [3.8, 4) is 0 Å². The Hall–Kier alpha value is -1.64. The molecule has 16 heavy (non-hydrogen) atoms. The minimum atomic E-state index is -0.278. The Kier molecular flexibility index (Phi) is 2.77. The quantitative estimate of drug-likeness (QED) is 0.776. The van der Waals surface area contributed by atoms with E-state index >= 15 is 0 Å². The molecule has 84 valence electrons. The highest BCUT2D eigenvalue weighted by molar-refractivity contribution is 6.01. The Morgan fingerprint density at radius 2 is 2.12 bits per heavy atom. The van der Waals surface area contributed by atoms with E-state index in [0.717, 1.165) is 11.1 Å². The van der Waals surface area contributed by atoms with E-state index in [1.54, 1.807) is 11.8 Å². The van der Waals surface area contributed by atoms with Crippen molar-refractivity contribution in [2.45, 2.75) is 32.9 Å². The summed E-state index contributed by atoms with van der Waals surface area (Å²) in [4.78, 5) is 25.2. The SMILES string of the molecule is CCC(C(C)=O)N1Cc2ccccc2C1=O. The van der Waals surface area contributed by atoms with Crippen molar-refractivity contribution < 1.29 is 9.59 Å². The fourth-order valence-electron chi connectivity index (χ4n) is 2.26. The van der Waals surface area contributed by atoms with Gasteiger partial charge in [0.1, 0.15) is 0 Å². The van der Waals surface area contributed by atoms with Crippen LogP contribution in [0, 0.1) is 0 Å². The first-order valence-corrected chi connectivity index (χ1v) is 5.54. The second-order valence-electron chi connectivity index (χ2n) is 4.12. The molecule has 0 N–H and O–H groups in total. The highest BCUT2D eigenvalue weighted by Crippen LogP contribution is 2.25.